The highest BCUT2D eigenvalue weighted by molar-refractivity contribution is 5.78. The standard InChI is InChI=1S/C13H22N2O/c1-2-12-10-13(16)15(11-12)9-5-8-14-6-3-4-7-14/h2,12H,1,3-11H2. The quantitative estimate of drug-likeness (QED) is 0.658. The fourth-order valence-electron chi connectivity index (χ4n) is 2.67. The summed E-state index contributed by atoms with van der Waals surface area (Å²) in [6.45, 7) is 9.25. The Bertz CT molecular complexity index is 259. The second-order valence-corrected chi connectivity index (χ2v) is 4.94. The molecule has 16 heavy (non-hydrogen) atoms. The van der Waals surface area contributed by atoms with Gasteiger partial charge in [-0.25, -0.2) is 0 Å². The molecule has 2 saturated heterocycles. The molecule has 0 saturated carbocycles. The average molecular weight is 222 g/mol. The van der Waals surface area contributed by atoms with Crippen LogP contribution in [0.25, 0.3) is 0 Å². The molecule has 0 aromatic rings. The van der Waals surface area contributed by atoms with E-state index < -0.39 is 0 Å². The van der Waals surface area contributed by atoms with E-state index in [1.54, 1.807) is 0 Å². The number of carbonyl (C=O) groups excluding carboxylic acids is 1. The number of carbonyl (C=O) groups is 1. The first kappa shape index (κ1) is 11.6. The van der Waals surface area contributed by atoms with Gasteiger partial charge in [0.25, 0.3) is 0 Å². The fourth-order valence-corrected chi connectivity index (χ4v) is 2.67. The number of rotatable bonds is 5. The Hall–Kier alpha value is -0.830. The highest BCUT2D eigenvalue weighted by atomic mass is 16.2. The zero-order valence-corrected chi connectivity index (χ0v) is 10.0. The van der Waals surface area contributed by atoms with E-state index >= 15 is 0 Å². The van der Waals surface area contributed by atoms with Crippen molar-refractivity contribution in [2.45, 2.75) is 25.7 Å². The van der Waals surface area contributed by atoms with Gasteiger partial charge in [-0.05, 0) is 38.9 Å². The van der Waals surface area contributed by atoms with Gasteiger partial charge in [0.1, 0.15) is 0 Å². The van der Waals surface area contributed by atoms with Crippen molar-refractivity contribution in [1.29, 1.82) is 0 Å². The van der Waals surface area contributed by atoms with Crippen LogP contribution in [-0.2, 0) is 4.79 Å². The molecule has 2 heterocycles. The predicted octanol–water partition coefficient (Wildman–Crippen LogP) is 1.51. The largest absolute Gasteiger partial charge is 0.342 e. The molecule has 2 aliphatic heterocycles. The van der Waals surface area contributed by atoms with Crippen LogP contribution in [0.1, 0.15) is 25.7 Å². The number of amides is 1. The molecule has 3 nitrogen and oxygen atoms in total. The molecule has 1 unspecified atom stereocenters. The summed E-state index contributed by atoms with van der Waals surface area (Å²) in [5, 5.41) is 0. The molecule has 1 atom stereocenters. The first-order valence-corrected chi connectivity index (χ1v) is 6.42. The number of nitrogens with zero attached hydrogens (tertiary/aromatic N) is 2. The van der Waals surface area contributed by atoms with Crippen molar-refractivity contribution in [2.75, 3.05) is 32.7 Å². The second-order valence-electron chi connectivity index (χ2n) is 4.94. The maximum atomic E-state index is 11.6. The van der Waals surface area contributed by atoms with Crippen LogP contribution in [0.4, 0.5) is 0 Å². The molecule has 3 heteroatoms. The van der Waals surface area contributed by atoms with Crippen LogP contribution in [0.5, 0.6) is 0 Å². The maximum Gasteiger partial charge on any atom is 0.223 e. The van der Waals surface area contributed by atoms with Gasteiger partial charge in [0.15, 0.2) is 0 Å². The molecule has 0 spiro atoms. The Kier molecular flexibility index (Phi) is 3.99. The topological polar surface area (TPSA) is 23.6 Å². The molecule has 0 N–H and O–H groups in total. The fraction of sp³-hybridized carbons (Fsp3) is 0.769. The molecule has 90 valence electrons. The van der Waals surface area contributed by atoms with E-state index in [9.17, 15) is 4.79 Å². The van der Waals surface area contributed by atoms with Crippen LogP contribution in [-0.4, -0.2) is 48.4 Å². The molecule has 2 rings (SSSR count). The van der Waals surface area contributed by atoms with Gasteiger partial charge in [-0.1, -0.05) is 6.08 Å². The third kappa shape index (κ3) is 2.85. The lowest BCUT2D eigenvalue weighted by Crippen LogP contribution is -2.29. The van der Waals surface area contributed by atoms with Gasteiger partial charge in [-0.3, -0.25) is 4.79 Å². The third-order valence-corrected chi connectivity index (χ3v) is 3.68. The Morgan fingerprint density at radius 2 is 2.06 bits per heavy atom. The molecule has 2 fully saturated rings. The van der Waals surface area contributed by atoms with E-state index in [0.717, 1.165) is 26.1 Å². The van der Waals surface area contributed by atoms with E-state index in [-0.39, 0.29) is 0 Å². The highest BCUT2D eigenvalue weighted by Crippen LogP contribution is 2.18. The van der Waals surface area contributed by atoms with Gasteiger partial charge in [0, 0.05) is 25.4 Å². The second kappa shape index (κ2) is 5.48. The highest BCUT2D eigenvalue weighted by Gasteiger charge is 2.26. The van der Waals surface area contributed by atoms with Gasteiger partial charge >= 0.3 is 0 Å². The van der Waals surface area contributed by atoms with Crippen LogP contribution in [0.3, 0.4) is 0 Å². The molecule has 0 aromatic carbocycles. The Balaban J connectivity index is 1.65. The first-order chi connectivity index (χ1) is 7.79. The van der Waals surface area contributed by atoms with E-state index in [2.05, 4.69) is 11.5 Å². The molecular formula is C13H22N2O. The summed E-state index contributed by atoms with van der Waals surface area (Å²) in [5.74, 6) is 0.700. The molecule has 0 bridgehead atoms. The van der Waals surface area contributed by atoms with Gasteiger partial charge in [0.2, 0.25) is 5.91 Å². The Morgan fingerprint density at radius 3 is 2.69 bits per heavy atom. The van der Waals surface area contributed by atoms with E-state index in [1.807, 2.05) is 11.0 Å². The van der Waals surface area contributed by atoms with Crippen LogP contribution >= 0.6 is 0 Å². The Morgan fingerprint density at radius 1 is 1.31 bits per heavy atom. The molecular weight excluding hydrogens is 200 g/mol. The summed E-state index contributed by atoms with van der Waals surface area (Å²) in [5.41, 5.74) is 0. The summed E-state index contributed by atoms with van der Waals surface area (Å²) in [7, 11) is 0. The lowest BCUT2D eigenvalue weighted by atomic mass is 10.1. The van der Waals surface area contributed by atoms with Gasteiger partial charge < -0.3 is 9.80 Å². The van der Waals surface area contributed by atoms with Crippen molar-refractivity contribution in [2.24, 2.45) is 5.92 Å². The van der Waals surface area contributed by atoms with E-state index in [1.165, 1.54) is 25.9 Å². The minimum Gasteiger partial charge on any atom is -0.342 e. The minimum absolute atomic E-state index is 0.311. The minimum atomic E-state index is 0.311. The molecule has 2 aliphatic rings. The number of likely N-dealkylation sites (tertiary alicyclic amines) is 2. The zero-order chi connectivity index (χ0) is 11.4. The van der Waals surface area contributed by atoms with Gasteiger partial charge in [-0.2, -0.15) is 0 Å². The maximum absolute atomic E-state index is 11.6. The van der Waals surface area contributed by atoms with Crippen molar-refractivity contribution < 1.29 is 4.79 Å². The van der Waals surface area contributed by atoms with Crippen LogP contribution < -0.4 is 0 Å². The monoisotopic (exact) mass is 222 g/mol. The predicted molar refractivity (Wildman–Crippen MR) is 65.2 cm³/mol. The summed E-state index contributed by atoms with van der Waals surface area (Å²) >= 11 is 0. The van der Waals surface area contributed by atoms with Gasteiger partial charge in [-0.15, -0.1) is 6.58 Å². The lowest BCUT2D eigenvalue weighted by Gasteiger charge is -2.19. The number of hydrogen-bond donors (Lipinski definition) is 0. The lowest BCUT2D eigenvalue weighted by molar-refractivity contribution is -0.127. The van der Waals surface area contributed by atoms with Crippen LogP contribution in [0.15, 0.2) is 12.7 Å². The third-order valence-electron chi connectivity index (χ3n) is 3.68. The first-order valence-electron chi connectivity index (χ1n) is 6.42. The van der Waals surface area contributed by atoms with Crippen molar-refractivity contribution in [3.63, 3.8) is 0 Å². The SMILES string of the molecule is C=CC1CC(=O)N(CCCN2CCCC2)C1. The Labute approximate surface area is 98.1 Å². The smallest absolute Gasteiger partial charge is 0.223 e. The molecule has 0 radical (unpaired) electrons. The summed E-state index contributed by atoms with van der Waals surface area (Å²) < 4.78 is 0. The molecule has 1 amide bonds. The number of hydrogen-bond acceptors (Lipinski definition) is 2. The zero-order valence-electron chi connectivity index (χ0n) is 10.0. The van der Waals surface area contributed by atoms with E-state index in [0.29, 0.717) is 18.2 Å². The van der Waals surface area contributed by atoms with E-state index in [4.69, 9.17) is 0 Å². The van der Waals surface area contributed by atoms with Crippen molar-refractivity contribution in [1.82, 2.24) is 9.80 Å². The molecule has 0 aromatic heterocycles. The van der Waals surface area contributed by atoms with Crippen molar-refractivity contribution in [3.8, 4) is 0 Å². The van der Waals surface area contributed by atoms with Crippen LogP contribution in [0.2, 0.25) is 0 Å². The van der Waals surface area contributed by atoms with Crippen LogP contribution in [0, 0.1) is 5.92 Å². The summed E-state index contributed by atoms with van der Waals surface area (Å²) in [6, 6.07) is 0. The van der Waals surface area contributed by atoms with Crippen molar-refractivity contribution >= 4 is 5.91 Å². The summed E-state index contributed by atoms with van der Waals surface area (Å²) in [6.07, 6.45) is 6.41. The summed E-state index contributed by atoms with van der Waals surface area (Å²) in [4.78, 5) is 16.1. The van der Waals surface area contributed by atoms with Crippen molar-refractivity contribution in [3.05, 3.63) is 12.7 Å². The molecule has 0 aliphatic carbocycles. The normalized spacial score (nSPS) is 26.6. The van der Waals surface area contributed by atoms with Gasteiger partial charge in [0.05, 0.1) is 0 Å². The average Bonchev–Trinajstić information content (AvgIpc) is 2.89.